The van der Waals surface area contributed by atoms with Crippen molar-refractivity contribution in [2.24, 2.45) is 0 Å². The lowest BCUT2D eigenvalue weighted by Crippen LogP contribution is -2.06. The van der Waals surface area contributed by atoms with E-state index < -0.39 is 0 Å². The van der Waals surface area contributed by atoms with Crippen LogP contribution in [0.1, 0.15) is 23.6 Å². The van der Waals surface area contributed by atoms with Crippen molar-refractivity contribution in [3.63, 3.8) is 0 Å². The molecule has 0 saturated heterocycles. The second-order valence-corrected chi connectivity index (χ2v) is 3.75. The summed E-state index contributed by atoms with van der Waals surface area (Å²) in [6, 6.07) is 4.38. The third kappa shape index (κ3) is 3.24. The molecule has 0 heterocycles. The van der Waals surface area contributed by atoms with Gasteiger partial charge in [-0.1, -0.05) is 19.1 Å². The predicted molar refractivity (Wildman–Crippen MR) is 62.7 cm³/mol. The van der Waals surface area contributed by atoms with Gasteiger partial charge in [-0.05, 0) is 37.0 Å². The van der Waals surface area contributed by atoms with Crippen molar-refractivity contribution in [3.8, 4) is 5.75 Å². The van der Waals surface area contributed by atoms with Crippen LogP contribution in [0.3, 0.4) is 0 Å². The summed E-state index contributed by atoms with van der Waals surface area (Å²) in [6.07, 6.45) is 1.07. The average molecular weight is 208 g/mol. The van der Waals surface area contributed by atoms with E-state index in [9.17, 15) is 0 Å². The Kier molecular flexibility index (Phi) is 4.63. The molecule has 1 rings (SSSR count). The average Bonchev–Trinajstić information content (AvgIpc) is 2.22. The molecule has 15 heavy (non-hydrogen) atoms. The van der Waals surface area contributed by atoms with Gasteiger partial charge in [-0.2, -0.15) is 0 Å². The molecule has 0 aliphatic carbocycles. The maximum absolute atomic E-state index is 5.68. The minimum absolute atomic E-state index is 0.615. The molecule has 1 aromatic carbocycles. The van der Waals surface area contributed by atoms with Crippen molar-refractivity contribution in [3.05, 3.63) is 28.8 Å². The highest BCUT2D eigenvalue weighted by Crippen LogP contribution is 2.24. The molecule has 0 N–H and O–H groups in total. The maximum atomic E-state index is 5.68. The molecule has 0 aromatic heterocycles. The normalized spacial score (nSPS) is 10.4. The van der Waals surface area contributed by atoms with Crippen LogP contribution in [0.15, 0.2) is 12.1 Å². The number of hydrogen-bond acceptors (Lipinski definition) is 2. The molecule has 0 unspecified atom stereocenters. The molecule has 0 amide bonds. The smallest absolute Gasteiger partial charge is 0.125 e. The molecule has 0 aliphatic rings. The molecule has 1 aromatic rings. The van der Waals surface area contributed by atoms with Crippen LogP contribution in [0.25, 0.3) is 0 Å². The summed E-state index contributed by atoms with van der Waals surface area (Å²) in [5, 5.41) is 0. The van der Waals surface area contributed by atoms with Crippen LogP contribution in [0.4, 0.5) is 0 Å². The molecule has 0 spiro atoms. The highest BCUT2D eigenvalue weighted by Gasteiger charge is 2.05. The third-order valence-corrected chi connectivity index (χ3v) is 2.46. The number of rotatable bonds is 5. The Hall–Kier alpha value is -1.02. The zero-order valence-corrected chi connectivity index (χ0v) is 10.1. The van der Waals surface area contributed by atoms with E-state index in [1.54, 1.807) is 7.11 Å². The summed E-state index contributed by atoms with van der Waals surface area (Å²) < 4.78 is 10.6. The first-order valence-electron chi connectivity index (χ1n) is 5.41. The summed E-state index contributed by atoms with van der Waals surface area (Å²) in [5.41, 5.74) is 3.79. The molecular weight excluding hydrogens is 188 g/mol. The van der Waals surface area contributed by atoms with Gasteiger partial charge in [0.2, 0.25) is 0 Å². The molecule has 0 atom stereocenters. The maximum Gasteiger partial charge on any atom is 0.125 e. The summed E-state index contributed by atoms with van der Waals surface area (Å²) in [7, 11) is 1.68. The van der Waals surface area contributed by atoms with Crippen LogP contribution in [0.2, 0.25) is 0 Å². The van der Waals surface area contributed by atoms with Crippen molar-refractivity contribution in [1.82, 2.24) is 0 Å². The Morgan fingerprint density at radius 2 is 1.67 bits per heavy atom. The standard InChI is InChI=1S/C13H20O2/c1-5-12-8-10(2)13(11(3)9-12)15-7-6-14-4/h8-9H,5-7H2,1-4H3. The lowest BCUT2D eigenvalue weighted by Gasteiger charge is -2.13. The number of methoxy groups -OCH3 is 1. The van der Waals surface area contributed by atoms with Gasteiger partial charge in [0, 0.05) is 7.11 Å². The first-order valence-corrected chi connectivity index (χ1v) is 5.41. The Bertz CT molecular complexity index is 295. The van der Waals surface area contributed by atoms with E-state index in [2.05, 4.69) is 32.9 Å². The van der Waals surface area contributed by atoms with Gasteiger partial charge in [-0.15, -0.1) is 0 Å². The molecule has 0 radical (unpaired) electrons. The second kappa shape index (κ2) is 5.76. The van der Waals surface area contributed by atoms with Crippen LogP contribution < -0.4 is 4.74 Å². The van der Waals surface area contributed by atoms with Crippen molar-refractivity contribution in [2.45, 2.75) is 27.2 Å². The highest BCUT2D eigenvalue weighted by atomic mass is 16.5. The fourth-order valence-corrected chi connectivity index (χ4v) is 1.70. The van der Waals surface area contributed by atoms with E-state index >= 15 is 0 Å². The lowest BCUT2D eigenvalue weighted by atomic mass is 10.0. The molecule has 0 fully saturated rings. The van der Waals surface area contributed by atoms with Gasteiger partial charge in [-0.25, -0.2) is 0 Å². The molecular formula is C13H20O2. The SMILES string of the molecule is CCc1cc(C)c(OCCOC)c(C)c1. The summed E-state index contributed by atoms with van der Waals surface area (Å²) in [5.74, 6) is 1.00. The van der Waals surface area contributed by atoms with Crippen molar-refractivity contribution >= 4 is 0 Å². The number of hydrogen-bond donors (Lipinski definition) is 0. The van der Waals surface area contributed by atoms with Gasteiger partial charge in [0.15, 0.2) is 0 Å². The van der Waals surface area contributed by atoms with Gasteiger partial charge < -0.3 is 9.47 Å². The van der Waals surface area contributed by atoms with E-state index in [1.165, 1.54) is 16.7 Å². The van der Waals surface area contributed by atoms with Crippen LogP contribution >= 0.6 is 0 Å². The fraction of sp³-hybridized carbons (Fsp3) is 0.538. The van der Waals surface area contributed by atoms with E-state index in [-0.39, 0.29) is 0 Å². The van der Waals surface area contributed by atoms with Gasteiger partial charge in [0.05, 0.1) is 6.61 Å². The summed E-state index contributed by atoms with van der Waals surface area (Å²) >= 11 is 0. The topological polar surface area (TPSA) is 18.5 Å². The monoisotopic (exact) mass is 208 g/mol. The van der Waals surface area contributed by atoms with E-state index in [4.69, 9.17) is 9.47 Å². The zero-order valence-electron chi connectivity index (χ0n) is 10.1. The first kappa shape index (κ1) is 12.1. The molecule has 84 valence electrons. The minimum atomic E-state index is 0.615. The van der Waals surface area contributed by atoms with Crippen LogP contribution in [-0.2, 0) is 11.2 Å². The largest absolute Gasteiger partial charge is 0.491 e. The number of benzene rings is 1. The van der Waals surface area contributed by atoms with Crippen molar-refractivity contribution in [2.75, 3.05) is 20.3 Å². The zero-order chi connectivity index (χ0) is 11.3. The summed E-state index contributed by atoms with van der Waals surface area (Å²) in [4.78, 5) is 0. The van der Waals surface area contributed by atoms with Crippen LogP contribution in [-0.4, -0.2) is 20.3 Å². The quantitative estimate of drug-likeness (QED) is 0.693. The minimum Gasteiger partial charge on any atom is -0.491 e. The third-order valence-electron chi connectivity index (χ3n) is 2.46. The predicted octanol–water partition coefficient (Wildman–Crippen LogP) is 2.89. The number of aryl methyl sites for hydroxylation is 3. The van der Waals surface area contributed by atoms with E-state index in [0.29, 0.717) is 13.2 Å². The fourth-order valence-electron chi connectivity index (χ4n) is 1.70. The molecule has 2 nitrogen and oxygen atoms in total. The van der Waals surface area contributed by atoms with Gasteiger partial charge in [0.25, 0.3) is 0 Å². The molecule has 2 heteroatoms. The summed E-state index contributed by atoms with van der Waals surface area (Å²) in [6.45, 7) is 7.60. The lowest BCUT2D eigenvalue weighted by molar-refractivity contribution is 0.145. The van der Waals surface area contributed by atoms with Crippen LogP contribution in [0.5, 0.6) is 5.75 Å². The Balaban J connectivity index is 2.79. The van der Waals surface area contributed by atoms with Crippen molar-refractivity contribution < 1.29 is 9.47 Å². The molecule has 0 aliphatic heterocycles. The molecule has 0 saturated carbocycles. The van der Waals surface area contributed by atoms with Crippen molar-refractivity contribution in [1.29, 1.82) is 0 Å². The Labute approximate surface area is 92.2 Å². The van der Waals surface area contributed by atoms with E-state index in [1.807, 2.05) is 0 Å². The van der Waals surface area contributed by atoms with E-state index in [0.717, 1.165) is 12.2 Å². The Morgan fingerprint density at radius 3 is 2.13 bits per heavy atom. The van der Waals surface area contributed by atoms with Gasteiger partial charge in [-0.3, -0.25) is 0 Å². The van der Waals surface area contributed by atoms with Crippen LogP contribution in [0, 0.1) is 13.8 Å². The number of ether oxygens (including phenoxy) is 2. The second-order valence-electron chi connectivity index (χ2n) is 3.75. The highest BCUT2D eigenvalue weighted by molar-refractivity contribution is 5.43. The Morgan fingerprint density at radius 1 is 1.07 bits per heavy atom. The molecule has 0 bridgehead atoms. The van der Waals surface area contributed by atoms with Gasteiger partial charge >= 0.3 is 0 Å². The van der Waals surface area contributed by atoms with Gasteiger partial charge in [0.1, 0.15) is 12.4 Å². The first-order chi connectivity index (χ1) is 7.19.